The first-order valence-electron chi connectivity index (χ1n) is 5.79. The number of hydrogen-bond donors (Lipinski definition) is 1. The molecule has 0 amide bonds. The minimum Gasteiger partial charge on any atom is -0.481 e. The van der Waals surface area contributed by atoms with Crippen molar-refractivity contribution in [2.45, 2.75) is 26.2 Å². The van der Waals surface area contributed by atoms with E-state index in [1.165, 1.54) is 0 Å². The van der Waals surface area contributed by atoms with Crippen molar-refractivity contribution in [3.8, 4) is 5.69 Å². The zero-order valence-electron chi connectivity index (χ0n) is 10.1. The summed E-state index contributed by atoms with van der Waals surface area (Å²) in [4.78, 5) is 10.7. The van der Waals surface area contributed by atoms with Crippen molar-refractivity contribution in [3.63, 3.8) is 0 Å². The van der Waals surface area contributed by atoms with Crippen LogP contribution in [0.5, 0.6) is 0 Å². The van der Waals surface area contributed by atoms with Crippen LogP contribution >= 0.6 is 0 Å². The fourth-order valence-electron chi connectivity index (χ4n) is 1.76. The highest BCUT2D eigenvalue weighted by Crippen LogP contribution is 2.12. The van der Waals surface area contributed by atoms with E-state index < -0.39 is 5.97 Å². The molecule has 2 aromatic rings. The van der Waals surface area contributed by atoms with E-state index in [-0.39, 0.29) is 6.42 Å². The molecule has 0 radical (unpaired) electrons. The highest BCUT2D eigenvalue weighted by molar-refractivity contribution is 5.70. The van der Waals surface area contributed by atoms with E-state index in [2.05, 4.69) is 22.4 Å². The molecule has 1 N–H and O–H groups in total. The Labute approximate surface area is 104 Å². The summed E-state index contributed by atoms with van der Waals surface area (Å²) in [7, 11) is 0. The van der Waals surface area contributed by atoms with Gasteiger partial charge in [-0.1, -0.05) is 19.1 Å². The van der Waals surface area contributed by atoms with E-state index in [9.17, 15) is 4.79 Å². The van der Waals surface area contributed by atoms with Gasteiger partial charge in [0.1, 0.15) is 0 Å². The molecule has 18 heavy (non-hydrogen) atoms. The normalized spacial score (nSPS) is 10.5. The average molecular weight is 246 g/mol. The van der Waals surface area contributed by atoms with E-state index in [1.54, 1.807) is 16.8 Å². The van der Waals surface area contributed by atoms with Gasteiger partial charge in [0.25, 0.3) is 0 Å². The van der Waals surface area contributed by atoms with Crippen LogP contribution in [0.15, 0.2) is 24.3 Å². The number of rotatable bonds is 5. The summed E-state index contributed by atoms with van der Waals surface area (Å²) in [6, 6.07) is 7.25. The van der Waals surface area contributed by atoms with Crippen LogP contribution in [0, 0.1) is 0 Å². The standard InChI is InChI=1S/C12H14N4O2/c1-2-4-11-13-14-15-16(11)10-6-3-5-9(7-10)8-12(17)18/h3,5-7H,2,4,8H2,1H3,(H,17,18). The Morgan fingerprint density at radius 3 is 3.00 bits per heavy atom. The maximum Gasteiger partial charge on any atom is 0.307 e. The highest BCUT2D eigenvalue weighted by Gasteiger charge is 2.08. The molecule has 0 fully saturated rings. The van der Waals surface area contributed by atoms with Gasteiger partial charge in [0.2, 0.25) is 0 Å². The van der Waals surface area contributed by atoms with Crippen LogP contribution in [-0.2, 0) is 17.6 Å². The molecule has 0 saturated heterocycles. The van der Waals surface area contributed by atoms with Gasteiger partial charge in [-0.3, -0.25) is 4.79 Å². The zero-order chi connectivity index (χ0) is 13.0. The number of aliphatic carboxylic acids is 1. The molecule has 0 aliphatic heterocycles. The first kappa shape index (κ1) is 12.2. The average Bonchev–Trinajstić information content (AvgIpc) is 2.77. The second kappa shape index (κ2) is 5.39. The largest absolute Gasteiger partial charge is 0.481 e. The quantitative estimate of drug-likeness (QED) is 0.858. The molecule has 6 heteroatoms. The van der Waals surface area contributed by atoms with Gasteiger partial charge in [-0.25, -0.2) is 0 Å². The molecule has 0 aliphatic carbocycles. The van der Waals surface area contributed by atoms with Gasteiger partial charge in [0.15, 0.2) is 5.82 Å². The van der Waals surface area contributed by atoms with Crippen LogP contribution in [0.25, 0.3) is 5.69 Å². The number of aromatic nitrogens is 4. The van der Waals surface area contributed by atoms with Gasteiger partial charge in [-0.15, -0.1) is 5.10 Å². The number of hydrogen-bond acceptors (Lipinski definition) is 4. The third-order valence-corrected chi connectivity index (χ3v) is 2.52. The van der Waals surface area contributed by atoms with Crippen molar-refractivity contribution in [2.24, 2.45) is 0 Å². The molecule has 6 nitrogen and oxygen atoms in total. The number of carboxylic acid groups (broad SMARTS) is 1. The van der Waals surface area contributed by atoms with Crippen LogP contribution in [0.4, 0.5) is 0 Å². The summed E-state index contributed by atoms with van der Waals surface area (Å²) in [6.07, 6.45) is 1.74. The third kappa shape index (κ3) is 2.71. The summed E-state index contributed by atoms with van der Waals surface area (Å²) in [5.74, 6) is -0.0670. The van der Waals surface area contributed by atoms with Gasteiger partial charge in [-0.05, 0) is 34.5 Å². The summed E-state index contributed by atoms with van der Waals surface area (Å²) < 4.78 is 1.65. The Morgan fingerprint density at radius 2 is 2.28 bits per heavy atom. The Morgan fingerprint density at radius 1 is 1.44 bits per heavy atom. The lowest BCUT2D eigenvalue weighted by Gasteiger charge is -2.05. The Kier molecular flexibility index (Phi) is 3.66. The number of carboxylic acids is 1. The summed E-state index contributed by atoms with van der Waals surface area (Å²) in [6.45, 7) is 2.06. The molecule has 0 spiro atoms. The van der Waals surface area contributed by atoms with Crippen molar-refractivity contribution in [1.29, 1.82) is 0 Å². The molecule has 0 bridgehead atoms. The van der Waals surface area contributed by atoms with Crippen molar-refractivity contribution in [2.75, 3.05) is 0 Å². The van der Waals surface area contributed by atoms with Gasteiger partial charge in [0.05, 0.1) is 12.1 Å². The van der Waals surface area contributed by atoms with Crippen molar-refractivity contribution >= 4 is 5.97 Å². The molecular formula is C12H14N4O2. The van der Waals surface area contributed by atoms with Crippen LogP contribution in [0.3, 0.4) is 0 Å². The molecule has 94 valence electrons. The molecule has 0 aliphatic rings. The third-order valence-electron chi connectivity index (χ3n) is 2.52. The van der Waals surface area contributed by atoms with Gasteiger partial charge in [0, 0.05) is 6.42 Å². The number of aryl methyl sites for hydroxylation is 1. The lowest BCUT2D eigenvalue weighted by molar-refractivity contribution is -0.136. The predicted octanol–water partition coefficient (Wildman–Crippen LogP) is 1.24. The molecule has 1 heterocycles. The smallest absolute Gasteiger partial charge is 0.307 e. The number of carbonyl (C=O) groups is 1. The summed E-state index contributed by atoms with van der Waals surface area (Å²) in [5.41, 5.74) is 1.53. The SMILES string of the molecule is CCCc1nnnn1-c1cccc(CC(=O)O)c1. The maximum atomic E-state index is 10.7. The first-order valence-corrected chi connectivity index (χ1v) is 5.79. The van der Waals surface area contributed by atoms with Crippen LogP contribution in [0.1, 0.15) is 24.7 Å². The first-order chi connectivity index (χ1) is 8.70. The Balaban J connectivity index is 2.32. The monoisotopic (exact) mass is 246 g/mol. The number of tetrazole rings is 1. The molecule has 0 saturated carbocycles. The predicted molar refractivity (Wildman–Crippen MR) is 64.5 cm³/mol. The topological polar surface area (TPSA) is 80.9 Å². The molecule has 2 rings (SSSR count). The second-order valence-electron chi connectivity index (χ2n) is 4.00. The lowest BCUT2D eigenvalue weighted by Crippen LogP contribution is -2.05. The van der Waals surface area contributed by atoms with E-state index in [0.29, 0.717) is 0 Å². The summed E-state index contributed by atoms with van der Waals surface area (Å²) >= 11 is 0. The van der Waals surface area contributed by atoms with Crippen molar-refractivity contribution in [1.82, 2.24) is 20.2 Å². The van der Waals surface area contributed by atoms with E-state index in [4.69, 9.17) is 5.11 Å². The van der Waals surface area contributed by atoms with Crippen LogP contribution in [-0.4, -0.2) is 31.3 Å². The van der Waals surface area contributed by atoms with Crippen molar-refractivity contribution < 1.29 is 9.90 Å². The van der Waals surface area contributed by atoms with Gasteiger partial charge < -0.3 is 5.11 Å². The molecule has 1 aromatic heterocycles. The van der Waals surface area contributed by atoms with Gasteiger partial charge in [-0.2, -0.15) is 4.68 Å². The van der Waals surface area contributed by atoms with Gasteiger partial charge >= 0.3 is 5.97 Å². The van der Waals surface area contributed by atoms with E-state index >= 15 is 0 Å². The zero-order valence-corrected chi connectivity index (χ0v) is 10.1. The molecule has 0 atom stereocenters. The fraction of sp³-hybridized carbons (Fsp3) is 0.333. The van der Waals surface area contributed by atoms with Crippen LogP contribution < -0.4 is 0 Å². The molecule has 0 unspecified atom stereocenters. The molecule has 1 aromatic carbocycles. The van der Waals surface area contributed by atoms with E-state index in [1.807, 2.05) is 12.1 Å². The highest BCUT2D eigenvalue weighted by atomic mass is 16.4. The maximum absolute atomic E-state index is 10.7. The number of nitrogens with zero attached hydrogens (tertiary/aromatic N) is 4. The minimum absolute atomic E-state index is 0.000916. The van der Waals surface area contributed by atoms with Crippen molar-refractivity contribution in [3.05, 3.63) is 35.7 Å². The molecular weight excluding hydrogens is 232 g/mol. The number of benzene rings is 1. The fourth-order valence-corrected chi connectivity index (χ4v) is 1.76. The van der Waals surface area contributed by atoms with Crippen LogP contribution in [0.2, 0.25) is 0 Å². The second-order valence-corrected chi connectivity index (χ2v) is 4.00. The summed E-state index contributed by atoms with van der Waals surface area (Å²) in [5, 5.41) is 20.3. The minimum atomic E-state index is -0.849. The Bertz CT molecular complexity index is 551. The Hall–Kier alpha value is -2.24. The van der Waals surface area contributed by atoms with E-state index in [0.717, 1.165) is 29.9 Å². The lowest BCUT2D eigenvalue weighted by atomic mass is 10.1.